The zero-order valence-electron chi connectivity index (χ0n) is 9.34. The smallest absolute Gasteiger partial charge is 0.00650 e. The van der Waals surface area contributed by atoms with Gasteiger partial charge in [0.25, 0.3) is 0 Å². The van der Waals surface area contributed by atoms with Crippen molar-refractivity contribution in [2.24, 2.45) is 0 Å². The molecule has 1 N–H and O–H groups in total. The molecule has 1 rings (SSSR count). The molecule has 1 saturated heterocycles. The number of nitrogens with zero attached hydrogens (tertiary/aromatic N) is 1. The van der Waals surface area contributed by atoms with E-state index in [2.05, 4.69) is 31.1 Å². The maximum absolute atomic E-state index is 3.40. The van der Waals surface area contributed by atoms with Crippen LogP contribution >= 0.6 is 0 Å². The van der Waals surface area contributed by atoms with Gasteiger partial charge in [-0.2, -0.15) is 0 Å². The lowest BCUT2D eigenvalue weighted by Crippen LogP contribution is -2.37. The van der Waals surface area contributed by atoms with Gasteiger partial charge in [-0.3, -0.25) is 0 Å². The highest BCUT2D eigenvalue weighted by Crippen LogP contribution is 2.13. The van der Waals surface area contributed by atoms with E-state index in [1.165, 1.54) is 38.8 Å². The highest BCUT2D eigenvalue weighted by atomic mass is 15.1. The van der Waals surface area contributed by atoms with Crippen molar-refractivity contribution >= 4 is 0 Å². The molecule has 1 aliphatic rings. The summed E-state index contributed by atoms with van der Waals surface area (Å²) in [4.78, 5) is 2.60. The number of hydrogen-bond donors (Lipinski definition) is 1. The first-order valence-electron chi connectivity index (χ1n) is 5.65. The quantitative estimate of drug-likeness (QED) is 0.704. The van der Waals surface area contributed by atoms with Gasteiger partial charge in [0, 0.05) is 12.1 Å². The molecule has 13 heavy (non-hydrogen) atoms. The molecule has 0 bridgehead atoms. The molecule has 0 radical (unpaired) electrons. The van der Waals surface area contributed by atoms with Crippen molar-refractivity contribution in [3.63, 3.8) is 0 Å². The molecular formula is C11H24N2. The molecular weight excluding hydrogens is 160 g/mol. The van der Waals surface area contributed by atoms with Crippen molar-refractivity contribution in [3.05, 3.63) is 0 Å². The zero-order valence-corrected chi connectivity index (χ0v) is 9.34. The Hall–Kier alpha value is -0.0800. The average Bonchev–Trinajstić information content (AvgIpc) is 2.03. The van der Waals surface area contributed by atoms with Gasteiger partial charge in [-0.15, -0.1) is 0 Å². The van der Waals surface area contributed by atoms with Crippen molar-refractivity contribution in [2.45, 2.75) is 51.6 Å². The summed E-state index contributed by atoms with van der Waals surface area (Å²) in [7, 11) is 2.09. The zero-order chi connectivity index (χ0) is 9.68. The summed E-state index contributed by atoms with van der Waals surface area (Å²) in [5, 5.41) is 3.40. The lowest BCUT2D eigenvalue weighted by Gasteiger charge is -2.30. The van der Waals surface area contributed by atoms with Crippen molar-refractivity contribution < 1.29 is 0 Å². The Morgan fingerprint density at radius 2 is 1.69 bits per heavy atom. The first-order chi connectivity index (χ1) is 6.24. The molecule has 0 aliphatic carbocycles. The first-order valence-corrected chi connectivity index (χ1v) is 5.65. The summed E-state index contributed by atoms with van der Waals surface area (Å²) >= 11 is 0. The highest BCUT2D eigenvalue weighted by molar-refractivity contribution is 4.72. The monoisotopic (exact) mass is 184 g/mol. The van der Waals surface area contributed by atoms with Crippen LogP contribution in [-0.2, 0) is 0 Å². The van der Waals surface area contributed by atoms with Gasteiger partial charge in [0.15, 0.2) is 0 Å². The Balaban J connectivity index is 2.30. The van der Waals surface area contributed by atoms with Gasteiger partial charge in [0.1, 0.15) is 0 Å². The molecule has 0 saturated carbocycles. The summed E-state index contributed by atoms with van der Waals surface area (Å²) in [5.74, 6) is 0. The van der Waals surface area contributed by atoms with Crippen molar-refractivity contribution in [2.75, 3.05) is 20.1 Å². The Morgan fingerprint density at radius 3 is 2.08 bits per heavy atom. The first kappa shape index (κ1) is 11.0. The number of hydrogen-bond acceptors (Lipinski definition) is 2. The van der Waals surface area contributed by atoms with Crippen LogP contribution in [0, 0.1) is 0 Å². The molecule has 0 aromatic heterocycles. The molecule has 0 unspecified atom stereocenters. The lowest BCUT2D eigenvalue weighted by atomic mass is 10.0. The van der Waals surface area contributed by atoms with Crippen LogP contribution in [0.3, 0.4) is 0 Å². The third kappa shape index (κ3) is 3.65. The van der Waals surface area contributed by atoms with Crippen LogP contribution in [0.15, 0.2) is 0 Å². The van der Waals surface area contributed by atoms with Gasteiger partial charge < -0.3 is 10.2 Å². The molecule has 1 fully saturated rings. The molecule has 0 aromatic carbocycles. The maximum Gasteiger partial charge on any atom is 0.00650 e. The second-order valence-electron chi connectivity index (χ2n) is 4.40. The summed E-state index contributed by atoms with van der Waals surface area (Å²) in [6.45, 7) is 7.18. The Labute approximate surface area is 82.7 Å². The normalized spacial score (nSPS) is 23.1. The van der Waals surface area contributed by atoms with E-state index in [0.717, 1.165) is 12.1 Å². The van der Waals surface area contributed by atoms with Crippen molar-refractivity contribution in [1.82, 2.24) is 10.2 Å². The molecule has 0 spiro atoms. The van der Waals surface area contributed by atoms with Gasteiger partial charge in [0.05, 0.1) is 0 Å². The third-order valence-electron chi connectivity index (χ3n) is 3.13. The van der Waals surface area contributed by atoms with Gasteiger partial charge in [0.2, 0.25) is 0 Å². The van der Waals surface area contributed by atoms with Gasteiger partial charge in [-0.1, -0.05) is 0 Å². The SMILES string of the molecule is CNC1CCCN(C(C)C)CCC1. The fourth-order valence-corrected chi connectivity index (χ4v) is 2.14. The van der Waals surface area contributed by atoms with E-state index in [1.54, 1.807) is 0 Å². The summed E-state index contributed by atoms with van der Waals surface area (Å²) in [5.41, 5.74) is 0. The van der Waals surface area contributed by atoms with Crippen LogP contribution in [0.4, 0.5) is 0 Å². The molecule has 78 valence electrons. The molecule has 0 atom stereocenters. The second kappa shape index (κ2) is 5.61. The Bertz CT molecular complexity index is 124. The Kier molecular flexibility index (Phi) is 4.74. The van der Waals surface area contributed by atoms with Crippen molar-refractivity contribution in [1.29, 1.82) is 0 Å². The van der Waals surface area contributed by atoms with Crippen LogP contribution in [0.25, 0.3) is 0 Å². The van der Waals surface area contributed by atoms with E-state index in [4.69, 9.17) is 0 Å². The van der Waals surface area contributed by atoms with Gasteiger partial charge in [-0.05, 0) is 59.7 Å². The van der Waals surface area contributed by atoms with Crippen LogP contribution in [0.5, 0.6) is 0 Å². The minimum Gasteiger partial charge on any atom is -0.317 e. The molecule has 0 aromatic rings. The predicted molar refractivity (Wildman–Crippen MR) is 58.0 cm³/mol. The third-order valence-corrected chi connectivity index (χ3v) is 3.13. The van der Waals surface area contributed by atoms with Gasteiger partial charge >= 0.3 is 0 Å². The number of nitrogens with one attached hydrogen (secondary N) is 1. The van der Waals surface area contributed by atoms with Crippen molar-refractivity contribution in [3.8, 4) is 0 Å². The number of rotatable bonds is 2. The van der Waals surface area contributed by atoms with E-state index < -0.39 is 0 Å². The largest absolute Gasteiger partial charge is 0.317 e. The highest BCUT2D eigenvalue weighted by Gasteiger charge is 2.14. The van der Waals surface area contributed by atoms with Crippen LogP contribution in [0.1, 0.15) is 39.5 Å². The van der Waals surface area contributed by atoms with E-state index in [1.807, 2.05) is 0 Å². The van der Waals surface area contributed by atoms with E-state index >= 15 is 0 Å². The predicted octanol–water partition coefficient (Wildman–Crippen LogP) is 1.86. The van der Waals surface area contributed by atoms with E-state index in [0.29, 0.717) is 0 Å². The Morgan fingerprint density at radius 1 is 1.15 bits per heavy atom. The minimum absolute atomic E-state index is 0.728. The minimum atomic E-state index is 0.728. The summed E-state index contributed by atoms with van der Waals surface area (Å²) in [6, 6.07) is 1.50. The van der Waals surface area contributed by atoms with E-state index in [-0.39, 0.29) is 0 Å². The fourth-order valence-electron chi connectivity index (χ4n) is 2.14. The van der Waals surface area contributed by atoms with Crippen LogP contribution in [0.2, 0.25) is 0 Å². The van der Waals surface area contributed by atoms with Crippen LogP contribution < -0.4 is 5.32 Å². The topological polar surface area (TPSA) is 15.3 Å². The molecule has 0 amide bonds. The summed E-state index contributed by atoms with van der Waals surface area (Å²) in [6.07, 6.45) is 5.40. The summed E-state index contributed by atoms with van der Waals surface area (Å²) < 4.78 is 0. The fraction of sp³-hybridized carbons (Fsp3) is 1.00. The van der Waals surface area contributed by atoms with Crippen LogP contribution in [-0.4, -0.2) is 37.1 Å². The molecule has 2 nitrogen and oxygen atoms in total. The maximum atomic E-state index is 3.40. The van der Waals surface area contributed by atoms with E-state index in [9.17, 15) is 0 Å². The lowest BCUT2D eigenvalue weighted by molar-refractivity contribution is 0.193. The molecule has 1 aliphatic heterocycles. The molecule has 1 heterocycles. The second-order valence-corrected chi connectivity index (χ2v) is 4.40. The standard InChI is InChI=1S/C11H24N2/c1-10(2)13-8-4-6-11(12-3)7-5-9-13/h10-12H,4-9H2,1-3H3. The van der Waals surface area contributed by atoms with Gasteiger partial charge in [-0.25, -0.2) is 0 Å². The molecule has 2 heteroatoms. The average molecular weight is 184 g/mol. The number of likely N-dealkylation sites (tertiary alicyclic amines) is 1.